The smallest absolute Gasteiger partial charge is 0.0346 e. The third-order valence-corrected chi connectivity index (χ3v) is 5.16. The standard InChI is InChI=1S/C25H18/c1-3-10-18(11-4-1)24(19-12-5-2-6-13-19)23-17-9-16-22-20-14-7-8-15-21(20)25(22)23/h1-17,24H. The van der Waals surface area contributed by atoms with Gasteiger partial charge in [0.25, 0.3) is 0 Å². The molecule has 0 heterocycles. The Bertz CT molecular complexity index is 990. The maximum absolute atomic E-state index is 2.29. The molecule has 1 aliphatic rings. The van der Waals surface area contributed by atoms with E-state index in [1.165, 1.54) is 38.9 Å². The van der Waals surface area contributed by atoms with E-state index in [0.717, 1.165) is 0 Å². The zero-order valence-electron chi connectivity index (χ0n) is 13.9. The van der Waals surface area contributed by atoms with Crippen LogP contribution in [0.15, 0.2) is 103 Å². The van der Waals surface area contributed by atoms with Gasteiger partial charge in [0.15, 0.2) is 0 Å². The Kier molecular flexibility index (Phi) is 3.28. The van der Waals surface area contributed by atoms with E-state index in [4.69, 9.17) is 0 Å². The van der Waals surface area contributed by atoms with Gasteiger partial charge in [-0.05, 0) is 38.9 Å². The molecule has 4 aromatic rings. The summed E-state index contributed by atoms with van der Waals surface area (Å²) >= 11 is 0. The molecule has 0 bridgehead atoms. The molecule has 0 heteroatoms. The van der Waals surface area contributed by atoms with Gasteiger partial charge in [-0.3, -0.25) is 0 Å². The van der Waals surface area contributed by atoms with Crippen LogP contribution in [-0.2, 0) is 0 Å². The molecule has 5 rings (SSSR count). The van der Waals surface area contributed by atoms with Gasteiger partial charge >= 0.3 is 0 Å². The van der Waals surface area contributed by atoms with E-state index in [1.54, 1.807) is 0 Å². The van der Waals surface area contributed by atoms with Crippen LogP contribution in [0.2, 0.25) is 0 Å². The second-order valence-electron chi connectivity index (χ2n) is 6.57. The van der Waals surface area contributed by atoms with Gasteiger partial charge in [0, 0.05) is 5.92 Å². The monoisotopic (exact) mass is 318 g/mol. The van der Waals surface area contributed by atoms with E-state index in [0.29, 0.717) is 0 Å². The van der Waals surface area contributed by atoms with Crippen molar-refractivity contribution in [2.24, 2.45) is 0 Å². The maximum atomic E-state index is 2.29. The van der Waals surface area contributed by atoms with Crippen molar-refractivity contribution in [3.8, 4) is 22.3 Å². The zero-order valence-corrected chi connectivity index (χ0v) is 13.9. The van der Waals surface area contributed by atoms with Gasteiger partial charge in [-0.15, -0.1) is 0 Å². The molecule has 0 N–H and O–H groups in total. The number of fused-ring (bicyclic) bond motifs is 4. The van der Waals surface area contributed by atoms with Gasteiger partial charge in [-0.2, -0.15) is 0 Å². The summed E-state index contributed by atoms with van der Waals surface area (Å²) in [5.41, 5.74) is 9.62. The van der Waals surface area contributed by atoms with Crippen molar-refractivity contribution in [1.82, 2.24) is 0 Å². The first-order chi connectivity index (χ1) is 12.4. The Hall–Kier alpha value is -3.12. The van der Waals surface area contributed by atoms with Gasteiger partial charge < -0.3 is 0 Å². The van der Waals surface area contributed by atoms with Crippen molar-refractivity contribution >= 4 is 0 Å². The zero-order chi connectivity index (χ0) is 16.6. The Morgan fingerprint density at radius 1 is 0.400 bits per heavy atom. The first-order valence-electron chi connectivity index (χ1n) is 8.76. The fraction of sp³-hybridized carbons (Fsp3) is 0.0400. The molecule has 0 saturated carbocycles. The lowest BCUT2D eigenvalue weighted by Crippen LogP contribution is -2.09. The van der Waals surface area contributed by atoms with E-state index in [2.05, 4.69) is 103 Å². The van der Waals surface area contributed by atoms with E-state index < -0.39 is 0 Å². The fourth-order valence-electron chi connectivity index (χ4n) is 4.05. The minimum atomic E-state index is 0.255. The number of rotatable bonds is 3. The highest BCUT2D eigenvalue weighted by atomic mass is 14.3. The number of benzene rings is 4. The van der Waals surface area contributed by atoms with Crippen LogP contribution in [0.1, 0.15) is 22.6 Å². The predicted octanol–water partition coefficient (Wildman–Crippen LogP) is 6.51. The van der Waals surface area contributed by atoms with Gasteiger partial charge in [0.2, 0.25) is 0 Å². The average molecular weight is 318 g/mol. The van der Waals surface area contributed by atoms with Crippen LogP contribution in [0.25, 0.3) is 22.3 Å². The fourth-order valence-corrected chi connectivity index (χ4v) is 4.05. The summed E-state index contributed by atoms with van der Waals surface area (Å²) in [6, 6.07) is 37.1. The van der Waals surface area contributed by atoms with Crippen LogP contribution >= 0.6 is 0 Å². The maximum Gasteiger partial charge on any atom is 0.0346 e. The third-order valence-electron chi connectivity index (χ3n) is 5.16. The second kappa shape index (κ2) is 5.75. The number of hydrogen-bond donors (Lipinski definition) is 0. The van der Waals surface area contributed by atoms with Gasteiger partial charge in [-0.25, -0.2) is 0 Å². The molecule has 118 valence electrons. The molecule has 0 atom stereocenters. The minimum Gasteiger partial charge on any atom is -0.0622 e. The van der Waals surface area contributed by atoms with Crippen molar-refractivity contribution in [2.75, 3.05) is 0 Å². The quantitative estimate of drug-likeness (QED) is 0.332. The van der Waals surface area contributed by atoms with Crippen LogP contribution in [0, 0.1) is 0 Å². The summed E-state index contributed by atoms with van der Waals surface area (Å²) < 4.78 is 0. The van der Waals surface area contributed by atoms with Crippen LogP contribution < -0.4 is 0 Å². The molecular weight excluding hydrogens is 300 g/mol. The van der Waals surface area contributed by atoms with Crippen molar-refractivity contribution in [2.45, 2.75) is 5.92 Å². The van der Waals surface area contributed by atoms with Gasteiger partial charge in [0.05, 0.1) is 0 Å². The lowest BCUT2D eigenvalue weighted by Gasteiger charge is -2.30. The first kappa shape index (κ1) is 14.2. The Morgan fingerprint density at radius 2 is 0.920 bits per heavy atom. The second-order valence-corrected chi connectivity index (χ2v) is 6.57. The van der Waals surface area contributed by atoms with E-state index in [9.17, 15) is 0 Å². The first-order valence-corrected chi connectivity index (χ1v) is 8.76. The highest BCUT2D eigenvalue weighted by Gasteiger charge is 2.28. The summed E-state index contributed by atoms with van der Waals surface area (Å²) in [7, 11) is 0. The molecule has 0 spiro atoms. The van der Waals surface area contributed by atoms with Crippen LogP contribution in [0.4, 0.5) is 0 Å². The Morgan fingerprint density at radius 3 is 1.56 bits per heavy atom. The molecule has 4 aromatic carbocycles. The SMILES string of the molecule is c1ccc(C(c2ccccc2)c2cccc3c2-c2ccccc2-3)cc1. The van der Waals surface area contributed by atoms with Crippen molar-refractivity contribution in [3.63, 3.8) is 0 Å². The molecule has 0 nitrogen and oxygen atoms in total. The van der Waals surface area contributed by atoms with Crippen molar-refractivity contribution in [3.05, 3.63) is 120 Å². The predicted molar refractivity (Wildman–Crippen MR) is 105 cm³/mol. The summed E-state index contributed by atoms with van der Waals surface area (Å²) in [5, 5.41) is 0. The van der Waals surface area contributed by atoms with E-state index >= 15 is 0 Å². The van der Waals surface area contributed by atoms with Crippen LogP contribution in [0.5, 0.6) is 0 Å². The summed E-state index contributed by atoms with van der Waals surface area (Å²) in [5.74, 6) is 0.255. The molecule has 0 aromatic heterocycles. The van der Waals surface area contributed by atoms with Crippen molar-refractivity contribution < 1.29 is 0 Å². The third kappa shape index (κ3) is 2.22. The summed E-state index contributed by atoms with van der Waals surface area (Å²) in [6.07, 6.45) is 0. The van der Waals surface area contributed by atoms with Crippen molar-refractivity contribution in [1.29, 1.82) is 0 Å². The highest BCUT2D eigenvalue weighted by molar-refractivity contribution is 6.04. The molecule has 0 saturated heterocycles. The molecule has 0 amide bonds. The largest absolute Gasteiger partial charge is 0.0622 e. The molecule has 25 heavy (non-hydrogen) atoms. The highest BCUT2D eigenvalue weighted by Crippen LogP contribution is 2.51. The van der Waals surface area contributed by atoms with Crippen LogP contribution in [-0.4, -0.2) is 0 Å². The summed E-state index contributed by atoms with van der Waals surface area (Å²) in [6.45, 7) is 0. The average Bonchev–Trinajstić information content (AvgIpc) is 2.68. The topological polar surface area (TPSA) is 0 Å². The minimum absolute atomic E-state index is 0.255. The molecule has 0 radical (unpaired) electrons. The Labute approximate surface area is 148 Å². The van der Waals surface area contributed by atoms with Gasteiger partial charge in [0.1, 0.15) is 0 Å². The molecule has 0 aliphatic heterocycles. The lowest BCUT2D eigenvalue weighted by atomic mass is 9.72. The molecular formula is C25H18. The molecule has 0 unspecified atom stereocenters. The molecule has 0 fully saturated rings. The normalized spacial score (nSPS) is 11.6. The van der Waals surface area contributed by atoms with E-state index in [-0.39, 0.29) is 5.92 Å². The molecule has 1 aliphatic carbocycles. The van der Waals surface area contributed by atoms with Crippen LogP contribution in [0.3, 0.4) is 0 Å². The Balaban J connectivity index is 1.74. The van der Waals surface area contributed by atoms with E-state index in [1.807, 2.05) is 0 Å². The lowest BCUT2D eigenvalue weighted by molar-refractivity contribution is 0.978. The number of hydrogen-bond acceptors (Lipinski definition) is 0. The van der Waals surface area contributed by atoms with Gasteiger partial charge in [-0.1, -0.05) is 103 Å². The summed E-state index contributed by atoms with van der Waals surface area (Å²) in [4.78, 5) is 0.